The van der Waals surface area contributed by atoms with Crippen LogP contribution in [0.5, 0.6) is 0 Å². The summed E-state index contributed by atoms with van der Waals surface area (Å²) < 4.78 is 4.76. The lowest BCUT2D eigenvalue weighted by Gasteiger charge is -2.25. The third-order valence-electron chi connectivity index (χ3n) is 3.69. The number of esters is 1. The molecule has 0 saturated heterocycles. The molecule has 0 saturated carbocycles. The van der Waals surface area contributed by atoms with Crippen molar-refractivity contribution < 1.29 is 14.3 Å². The monoisotopic (exact) mass is 305 g/mol. The second-order valence-corrected chi connectivity index (χ2v) is 5.60. The van der Waals surface area contributed by atoms with E-state index in [2.05, 4.69) is 6.92 Å². The van der Waals surface area contributed by atoms with Crippen LogP contribution in [-0.4, -0.2) is 37.0 Å². The SMILES string of the molecule is CCCCCCN(CC(C)C(=O)OC)C(=O)c1ccccc1. The molecule has 1 aromatic carbocycles. The number of rotatable bonds is 9. The Bertz CT molecular complexity index is 459. The zero-order valence-electron chi connectivity index (χ0n) is 13.9. The third-order valence-corrected chi connectivity index (χ3v) is 3.69. The molecular weight excluding hydrogens is 278 g/mol. The van der Waals surface area contributed by atoms with Gasteiger partial charge in [-0.15, -0.1) is 0 Å². The summed E-state index contributed by atoms with van der Waals surface area (Å²) in [6, 6.07) is 9.21. The van der Waals surface area contributed by atoms with Gasteiger partial charge < -0.3 is 9.64 Å². The van der Waals surface area contributed by atoms with Crippen molar-refractivity contribution in [3.63, 3.8) is 0 Å². The number of carbonyl (C=O) groups is 2. The molecule has 0 spiro atoms. The van der Waals surface area contributed by atoms with Crippen molar-refractivity contribution in [1.29, 1.82) is 0 Å². The predicted molar refractivity (Wildman–Crippen MR) is 87.7 cm³/mol. The van der Waals surface area contributed by atoms with Gasteiger partial charge in [-0.2, -0.15) is 0 Å². The summed E-state index contributed by atoms with van der Waals surface area (Å²) in [6.07, 6.45) is 4.38. The second kappa shape index (κ2) is 9.98. The van der Waals surface area contributed by atoms with Crippen molar-refractivity contribution >= 4 is 11.9 Å². The lowest BCUT2D eigenvalue weighted by atomic mass is 10.1. The maximum atomic E-state index is 12.6. The van der Waals surface area contributed by atoms with Gasteiger partial charge in [0.1, 0.15) is 0 Å². The number of nitrogens with zero attached hydrogens (tertiary/aromatic N) is 1. The van der Waals surface area contributed by atoms with Crippen molar-refractivity contribution in [1.82, 2.24) is 4.90 Å². The first-order valence-corrected chi connectivity index (χ1v) is 8.02. The van der Waals surface area contributed by atoms with Crippen LogP contribution < -0.4 is 0 Å². The topological polar surface area (TPSA) is 46.6 Å². The number of unbranched alkanes of at least 4 members (excludes halogenated alkanes) is 3. The van der Waals surface area contributed by atoms with Crippen LogP contribution in [0.1, 0.15) is 49.9 Å². The van der Waals surface area contributed by atoms with E-state index in [9.17, 15) is 9.59 Å². The van der Waals surface area contributed by atoms with Crippen LogP contribution in [0.15, 0.2) is 30.3 Å². The van der Waals surface area contributed by atoms with E-state index in [-0.39, 0.29) is 17.8 Å². The number of hydrogen-bond acceptors (Lipinski definition) is 3. The molecule has 0 bridgehead atoms. The molecule has 122 valence electrons. The molecule has 22 heavy (non-hydrogen) atoms. The van der Waals surface area contributed by atoms with Crippen molar-refractivity contribution in [2.24, 2.45) is 5.92 Å². The van der Waals surface area contributed by atoms with Gasteiger partial charge in [-0.3, -0.25) is 9.59 Å². The summed E-state index contributed by atoms with van der Waals surface area (Å²) in [5.41, 5.74) is 0.662. The molecule has 4 heteroatoms. The third kappa shape index (κ3) is 5.88. The highest BCUT2D eigenvalue weighted by Gasteiger charge is 2.22. The molecule has 0 N–H and O–H groups in total. The average molecular weight is 305 g/mol. The first-order valence-electron chi connectivity index (χ1n) is 8.02. The Balaban J connectivity index is 2.72. The van der Waals surface area contributed by atoms with Crippen LogP contribution in [-0.2, 0) is 9.53 Å². The number of hydrogen-bond donors (Lipinski definition) is 0. The molecule has 1 aromatic rings. The minimum absolute atomic E-state index is 0.0205. The molecular formula is C18H27NO3. The summed E-state index contributed by atoms with van der Waals surface area (Å²) in [5, 5.41) is 0. The molecule has 0 aliphatic carbocycles. The van der Waals surface area contributed by atoms with Crippen LogP contribution in [0.2, 0.25) is 0 Å². The first-order chi connectivity index (χ1) is 10.6. The summed E-state index contributed by atoms with van der Waals surface area (Å²) in [4.78, 5) is 26.0. The minimum Gasteiger partial charge on any atom is -0.469 e. The van der Waals surface area contributed by atoms with Crippen molar-refractivity contribution in [2.45, 2.75) is 39.5 Å². The first kappa shape index (κ1) is 18.2. The van der Waals surface area contributed by atoms with Gasteiger partial charge in [0, 0.05) is 18.7 Å². The Labute approximate surface area is 133 Å². The van der Waals surface area contributed by atoms with E-state index in [4.69, 9.17) is 4.74 Å². The number of amides is 1. The molecule has 0 heterocycles. The highest BCUT2D eigenvalue weighted by atomic mass is 16.5. The zero-order valence-corrected chi connectivity index (χ0v) is 13.9. The van der Waals surface area contributed by atoms with Crippen LogP contribution in [0.3, 0.4) is 0 Å². The fourth-order valence-corrected chi connectivity index (χ4v) is 2.37. The van der Waals surface area contributed by atoms with E-state index in [1.807, 2.05) is 30.3 Å². The number of carbonyl (C=O) groups excluding carboxylic acids is 2. The highest BCUT2D eigenvalue weighted by Crippen LogP contribution is 2.11. The Hall–Kier alpha value is -1.84. The minimum atomic E-state index is -0.316. The fraction of sp³-hybridized carbons (Fsp3) is 0.556. The molecule has 0 fully saturated rings. The number of benzene rings is 1. The van der Waals surface area contributed by atoms with Crippen molar-refractivity contribution in [2.75, 3.05) is 20.2 Å². The van der Waals surface area contributed by atoms with Crippen molar-refractivity contribution in [3.05, 3.63) is 35.9 Å². The predicted octanol–water partition coefficient (Wildman–Crippen LogP) is 3.52. The van der Waals surface area contributed by atoms with E-state index < -0.39 is 0 Å². The molecule has 1 amide bonds. The average Bonchev–Trinajstić information content (AvgIpc) is 2.56. The van der Waals surface area contributed by atoms with E-state index in [1.165, 1.54) is 13.5 Å². The van der Waals surface area contributed by atoms with Gasteiger partial charge >= 0.3 is 5.97 Å². The normalized spacial score (nSPS) is 11.8. The van der Waals surface area contributed by atoms with Crippen LogP contribution in [0, 0.1) is 5.92 Å². The molecule has 0 aromatic heterocycles. The second-order valence-electron chi connectivity index (χ2n) is 5.60. The van der Waals surface area contributed by atoms with Crippen LogP contribution >= 0.6 is 0 Å². The number of ether oxygens (including phenoxy) is 1. The number of methoxy groups -OCH3 is 1. The molecule has 0 aliphatic rings. The van der Waals surface area contributed by atoms with Gasteiger partial charge in [-0.25, -0.2) is 0 Å². The molecule has 0 radical (unpaired) electrons. The van der Waals surface area contributed by atoms with Gasteiger partial charge in [0.15, 0.2) is 0 Å². The largest absolute Gasteiger partial charge is 0.469 e. The molecule has 1 unspecified atom stereocenters. The lowest BCUT2D eigenvalue weighted by Crippen LogP contribution is -2.38. The molecule has 0 aliphatic heterocycles. The summed E-state index contributed by atoms with van der Waals surface area (Å²) in [5.74, 6) is -0.615. The van der Waals surface area contributed by atoms with E-state index >= 15 is 0 Å². The van der Waals surface area contributed by atoms with Gasteiger partial charge in [-0.05, 0) is 18.6 Å². The Morgan fingerprint density at radius 2 is 1.82 bits per heavy atom. The molecule has 4 nitrogen and oxygen atoms in total. The van der Waals surface area contributed by atoms with E-state index in [1.54, 1.807) is 11.8 Å². The van der Waals surface area contributed by atoms with Gasteiger partial charge in [0.05, 0.1) is 13.0 Å². The lowest BCUT2D eigenvalue weighted by molar-refractivity contribution is -0.145. The fourth-order valence-electron chi connectivity index (χ4n) is 2.37. The van der Waals surface area contributed by atoms with Gasteiger partial charge in [-0.1, -0.05) is 51.3 Å². The Morgan fingerprint density at radius 3 is 2.41 bits per heavy atom. The van der Waals surface area contributed by atoms with Crippen molar-refractivity contribution in [3.8, 4) is 0 Å². The van der Waals surface area contributed by atoms with Gasteiger partial charge in [0.25, 0.3) is 5.91 Å². The highest BCUT2D eigenvalue weighted by molar-refractivity contribution is 5.94. The van der Waals surface area contributed by atoms with E-state index in [0.717, 1.165) is 19.3 Å². The van der Waals surface area contributed by atoms with Crippen LogP contribution in [0.4, 0.5) is 0 Å². The smallest absolute Gasteiger partial charge is 0.310 e. The zero-order chi connectivity index (χ0) is 16.4. The Morgan fingerprint density at radius 1 is 1.14 bits per heavy atom. The molecule has 1 atom stereocenters. The summed E-state index contributed by atoms with van der Waals surface area (Å²) >= 11 is 0. The Kier molecular flexibility index (Phi) is 8.26. The standard InChI is InChI=1S/C18H27NO3/c1-4-5-6-10-13-19(14-15(2)18(21)22-3)17(20)16-11-8-7-9-12-16/h7-9,11-12,15H,4-6,10,13-14H2,1-3H3. The van der Waals surface area contributed by atoms with Crippen LogP contribution in [0.25, 0.3) is 0 Å². The summed E-state index contributed by atoms with van der Waals surface area (Å²) in [7, 11) is 1.38. The maximum Gasteiger partial charge on any atom is 0.310 e. The summed E-state index contributed by atoms with van der Waals surface area (Å²) in [6.45, 7) is 5.02. The maximum absolute atomic E-state index is 12.6. The molecule has 1 rings (SSSR count). The van der Waals surface area contributed by atoms with E-state index in [0.29, 0.717) is 18.7 Å². The van der Waals surface area contributed by atoms with Gasteiger partial charge in [0.2, 0.25) is 0 Å². The quantitative estimate of drug-likeness (QED) is 0.518.